The molecule has 0 bridgehead atoms. The van der Waals surface area contributed by atoms with Crippen LogP contribution in [0.1, 0.15) is 60.3 Å². The van der Waals surface area contributed by atoms with E-state index in [9.17, 15) is 13.6 Å². The highest BCUT2D eigenvalue weighted by Gasteiger charge is 2.25. The standard InChI is InChI=1S/C23H23F2N3O/c1-3-26-22-18(24)11-17(12-19(22)25)13(2)27-23(29)16-7-9-21-15(10-16)6-8-20(28-21)14-4-5-14/h6-14,26H,3-5H2,1-2H3,(H,27,29)/t13-/m1/s1. The quantitative estimate of drug-likeness (QED) is 0.594. The van der Waals surface area contributed by atoms with Crippen molar-refractivity contribution in [2.75, 3.05) is 11.9 Å². The molecule has 2 N–H and O–H groups in total. The minimum atomic E-state index is -0.675. The molecule has 4 nitrogen and oxygen atoms in total. The minimum absolute atomic E-state index is 0.151. The number of carbonyl (C=O) groups is 1. The van der Waals surface area contributed by atoms with Gasteiger partial charge in [0.1, 0.15) is 17.3 Å². The number of fused-ring (bicyclic) bond motifs is 1. The van der Waals surface area contributed by atoms with Crippen LogP contribution in [0.15, 0.2) is 42.5 Å². The van der Waals surface area contributed by atoms with E-state index in [1.54, 1.807) is 26.0 Å². The van der Waals surface area contributed by atoms with Gasteiger partial charge in [0.2, 0.25) is 0 Å². The van der Waals surface area contributed by atoms with Gasteiger partial charge in [-0.2, -0.15) is 0 Å². The molecular formula is C23H23F2N3O. The number of carbonyl (C=O) groups excluding carboxylic acids is 1. The van der Waals surface area contributed by atoms with Crippen LogP contribution in [0.3, 0.4) is 0 Å². The Morgan fingerprint density at radius 3 is 2.52 bits per heavy atom. The van der Waals surface area contributed by atoms with Crippen LogP contribution < -0.4 is 10.6 Å². The van der Waals surface area contributed by atoms with Crippen molar-refractivity contribution in [3.05, 3.63) is 70.9 Å². The highest BCUT2D eigenvalue weighted by atomic mass is 19.1. The van der Waals surface area contributed by atoms with Gasteiger partial charge in [0.25, 0.3) is 5.91 Å². The zero-order chi connectivity index (χ0) is 20.5. The zero-order valence-corrected chi connectivity index (χ0v) is 16.4. The average Bonchev–Trinajstić information content (AvgIpc) is 3.55. The van der Waals surface area contributed by atoms with Crippen LogP contribution in [0.25, 0.3) is 10.9 Å². The van der Waals surface area contributed by atoms with E-state index in [1.165, 1.54) is 25.0 Å². The molecule has 1 amide bonds. The molecule has 1 atom stereocenters. The normalized spacial score (nSPS) is 14.6. The number of aromatic nitrogens is 1. The third kappa shape index (κ3) is 4.06. The Balaban J connectivity index is 1.51. The van der Waals surface area contributed by atoms with Gasteiger partial charge in [0.05, 0.1) is 11.6 Å². The molecule has 1 aliphatic carbocycles. The van der Waals surface area contributed by atoms with Crippen LogP contribution in [0, 0.1) is 11.6 Å². The third-order valence-electron chi connectivity index (χ3n) is 5.23. The van der Waals surface area contributed by atoms with Gasteiger partial charge in [0.15, 0.2) is 0 Å². The van der Waals surface area contributed by atoms with Crippen molar-refractivity contribution in [3.63, 3.8) is 0 Å². The van der Waals surface area contributed by atoms with E-state index < -0.39 is 17.7 Å². The molecule has 0 spiro atoms. The Bertz CT molecular complexity index is 1060. The molecule has 29 heavy (non-hydrogen) atoms. The van der Waals surface area contributed by atoms with Crippen molar-refractivity contribution in [1.82, 2.24) is 10.3 Å². The van der Waals surface area contributed by atoms with E-state index in [4.69, 9.17) is 0 Å². The maximum atomic E-state index is 14.2. The molecule has 2 aromatic carbocycles. The van der Waals surface area contributed by atoms with Crippen molar-refractivity contribution >= 4 is 22.5 Å². The number of nitrogens with zero attached hydrogens (tertiary/aromatic N) is 1. The fourth-order valence-corrected chi connectivity index (χ4v) is 3.44. The second-order valence-corrected chi connectivity index (χ2v) is 7.50. The Hall–Kier alpha value is -3.02. The summed E-state index contributed by atoms with van der Waals surface area (Å²) in [4.78, 5) is 17.3. The zero-order valence-electron chi connectivity index (χ0n) is 16.4. The van der Waals surface area contributed by atoms with Crippen molar-refractivity contribution in [2.24, 2.45) is 0 Å². The summed E-state index contributed by atoms with van der Waals surface area (Å²) in [6.45, 7) is 3.88. The van der Waals surface area contributed by atoms with Gasteiger partial charge < -0.3 is 10.6 Å². The summed E-state index contributed by atoms with van der Waals surface area (Å²) in [5.74, 6) is -1.08. The fourth-order valence-electron chi connectivity index (χ4n) is 3.44. The highest BCUT2D eigenvalue weighted by Crippen LogP contribution is 2.39. The number of nitrogens with one attached hydrogen (secondary N) is 2. The molecule has 0 radical (unpaired) electrons. The first kappa shape index (κ1) is 19.3. The molecule has 0 unspecified atom stereocenters. The first-order valence-electron chi connectivity index (χ1n) is 9.90. The van der Waals surface area contributed by atoms with Crippen LogP contribution in [-0.2, 0) is 0 Å². The molecule has 1 aromatic heterocycles. The molecule has 3 aromatic rings. The lowest BCUT2D eigenvalue weighted by molar-refractivity contribution is 0.0940. The maximum Gasteiger partial charge on any atom is 0.251 e. The summed E-state index contributed by atoms with van der Waals surface area (Å²) >= 11 is 0. The lowest BCUT2D eigenvalue weighted by Gasteiger charge is -2.16. The van der Waals surface area contributed by atoms with Gasteiger partial charge in [-0.1, -0.05) is 6.07 Å². The van der Waals surface area contributed by atoms with E-state index >= 15 is 0 Å². The molecule has 1 aliphatic rings. The second-order valence-electron chi connectivity index (χ2n) is 7.50. The molecule has 0 saturated heterocycles. The summed E-state index contributed by atoms with van der Waals surface area (Å²) in [5.41, 5.74) is 2.67. The molecule has 1 heterocycles. The van der Waals surface area contributed by atoms with E-state index in [-0.39, 0.29) is 11.6 Å². The van der Waals surface area contributed by atoms with Gasteiger partial charge in [-0.3, -0.25) is 9.78 Å². The topological polar surface area (TPSA) is 54.0 Å². The van der Waals surface area contributed by atoms with Crippen LogP contribution in [0.5, 0.6) is 0 Å². The summed E-state index contributed by atoms with van der Waals surface area (Å²) in [6.07, 6.45) is 2.38. The number of halogens is 2. The molecule has 1 saturated carbocycles. The van der Waals surface area contributed by atoms with E-state index in [2.05, 4.69) is 15.6 Å². The van der Waals surface area contributed by atoms with Gasteiger partial charge in [-0.05, 0) is 68.7 Å². The number of hydrogen-bond acceptors (Lipinski definition) is 3. The Kier molecular flexibility index (Phi) is 5.18. The van der Waals surface area contributed by atoms with Gasteiger partial charge >= 0.3 is 0 Å². The monoisotopic (exact) mass is 395 g/mol. The summed E-state index contributed by atoms with van der Waals surface area (Å²) < 4.78 is 28.3. The fraction of sp³-hybridized carbons (Fsp3) is 0.304. The third-order valence-corrected chi connectivity index (χ3v) is 5.23. The second kappa shape index (κ2) is 7.78. The molecule has 6 heteroatoms. The Labute approximate surface area is 168 Å². The maximum absolute atomic E-state index is 14.2. The Morgan fingerprint density at radius 2 is 1.86 bits per heavy atom. The molecular weight excluding hydrogens is 372 g/mol. The lowest BCUT2D eigenvalue weighted by atomic mass is 10.1. The molecule has 150 valence electrons. The first-order chi connectivity index (χ1) is 14.0. The van der Waals surface area contributed by atoms with Crippen LogP contribution in [-0.4, -0.2) is 17.4 Å². The van der Waals surface area contributed by atoms with Crippen molar-refractivity contribution in [3.8, 4) is 0 Å². The summed E-state index contributed by atoms with van der Waals surface area (Å²) in [5, 5.41) is 6.37. The largest absolute Gasteiger partial charge is 0.381 e. The number of rotatable bonds is 6. The van der Waals surface area contributed by atoms with Crippen LogP contribution in [0.2, 0.25) is 0 Å². The lowest BCUT2D eigenvalue weighted by Crippen LogP contribution is -2.27. The van der Waals surface area contributed by atoms with E-state index in [0.717, 1.165) is 16.6 Å². The van der Waals surface area contributed by atoms with Crippen molar-refractivity contribution in [1.29, 1.82) is 0 Å². The van der Waals surface area contributed by atoms with Gasteiger partial charge in [-0.25, -0.2) is 8.78 Å². The predicted molar refractivity (Wildman–Crippen MR) is 110 cm³/mol. The van der Waals surface area contributed by atoms with Crippen LogP contribution >= 0.6 is 0 Å². The first-order valence-corrected chi connectivity index (χ1v) is 9.90. The van der Waals surface area contributed by atoms with E-state index in [1.807, 2.05) is 18.2 Å². The number of amides is 1. The van der Waals surface area contributed by atoms with Crippen LogP contribution in [0.4, 0.5) is 14.5 Å². The number of benzene rings is 2. The van der Waals surface area contributed by atoms with E-state index in [0.29, 0.717) is 23.6 Å². The average molecular weight is 395 g/mol. The number of pyridine rings is 1. The van der Waals surface area contributed by atoms with Gasteiger partial charge in [0, 0.05) is 29.1 Å². The van der Waals surface area contributed by atoms with Gasteiger partial charge in [-0.15, -0.1) is 0 Å². The SMILES string of the molecule is CCNc1c(F)cc([C@@H](C)NC(=O)c2ccc3nc(C4CC4)ccc3c2)cc1F. The minimum Gasteiger partial charge on any atom is -0.381 e. The van der Waals surface area contributed by atoms with Crippen molar-refractivity contribution in [2.45, 2.75) is 38.6 Å². The predicted octanol–water partition coefficient (Wildman–Crippen LogP) is 5.31. The Morgan fingerprint density at radius 1 is 1.14 bits per heavy atom. The number of hydrogen-bond donors (Lipinski definition) is 2. The number of anilines is 1. The molecule has 0 aliphatic heterocycles. The highest BCUT2D eigenvalue weighted by molar-refractivity contribution is 5.98. The van der Waals surface area contributed by atoms with Crippen molar-refractivity contribution < 1.29 is 13.6 Å². The summed E-state index contributed by atoms with van der Waals surface area (Å²) in [6, 6.07) is 11.3. The molecule has 4 rings (SSSR count). The smallest absolute Gasteiger partial charge is 0.251 e. The summed E-state index contributed by atoms with van der Waals surface area (Å²) in [7, 11) is 0. The molecule has 1 fully saturated rings.